The van der Waals surface area contributed by atoms with E-state index in [1.807, 2.05) is 13.0 Å². The summed E-state index contributed by atoms with van der Waals surface area (Å²) in [5.41, 5.74) is 1.50. The van der Waals surface area contributed by atoms with Gasteiger partial charge in [-0.15, -0.1) is 0 Å². The minimum absolute atomic E-state index is 0.0176. The van der Waals surface area contributed by atoms with Gasteiger partial charge in [-0.1, -0.05) is 47.8 Å². The average Bonchev–Trinajstić information content (AvgIpc) is 3.32. The SMILES string of the molecule is Cc1cc(Br)ccc1NC(=O)COC(=O)CCN1C(=O)[C@@H]2[C@H]3C[C@@H]([C@H](Br)[C@H]3Br)[C@@H]2C1=O. The molecule has 4 rings (SSSR count). The Bertz CT molecular complexity index is 923. The molecule has 2 bridgehead atoms. The van der Waals surface area contributed by atoms with E-state index < -0.39 is 18.5 Å². The van der Waals surface area contributed by atoms with E-state index in [0.29, 0.717) is 5.69 Å². The molecule has 1 saturated heterocycles. The Morgan fingerprint density at radius 1 is 1.13 bits per heavy atom. The summed E-state index contributed by atoms with van der Waals surface area (Å²) in [4.78, 5) is 51.4. The molecule has 0 radical (unpaired) electrons. The highest BCUT2D eigenvalue weighted by molar-refractivity contribution is 9.12. The van der Waals surface area contributed by atoms with Crippen LogP contribution in [0, 0.1) is 30.6 Å². The third-order valence-corrected chi connectivity index (χ3v) is 10.1. The van der Waals surface area contributed by atoms with Crippen LogP contribution in [0.2, 0.25) is 0 Å². The van der Waals surface area contributed by atoms with Crippen molar-refractivity contribution >= 4 is 77.2 Å². The number of imide groups is 1. The van der Waals surface area contributed by atoms with Crippen molar-refractivity contribution in [2.24, 2.45) is 23.7 Å². The predicted molar refractivity (Wildman–Crippen MR) is 124 cm³/mol. The van der Waals surface area contributed by atoms with Gasteiger partial charge < -0.3 is 10.1 Å². The Labute approximate surface area is 205 Å². The first-order chi connectivity index (χ1) is 14.7. The molecule has 3 aliphatic rings. The van der Waals surface area contributed by atoms with Crippen molar-refractivity contribution in [3.05, 3.63) is 28.2 Å². The summed E-state index contributed by atoms with van der Waals surface area (Å²) in [5.74, 6) is -1.79. The van der Waals surface area contributed by atoms with E-state index in [1.54, 1.807) is 12.1 Å². The number of amides is 3. The number of nitrogens with one attached hydrogen (secondary N) is 1. The minimum atomic E-state index is -0.625. The highest BCUT2D eigenvalue weighted by atomic mass is 79.9. The first kappa shape index (κ1) is 22.9. The van der Waals surface area contributed by atoms with Crippen LogP contribution in [0.5, 0.6) is 0 Å². The Kier molecular flexibility index (Phi) is 6.61. The molecule has 1 heterocycles. The summed E-state index contributed by atoms with van der Waals surface area (Å²) in [7, 11) is 0. The maximum atomic E-state index is 12.8. The third kappa shape index (κ3) is 4.23. The van der Waals surface area contributed by atoms with Gasteiger partial charge in [0.1, 0.15) is 0 Å². The summed E-state index contributed by atoms with van der Waals surface area (Å²) >= 11 is 10.7. The topological polar surface area (TPSA) is 92.8 Å². The van der Waals surface area contributed by atoms with Crippen LogP contribution < -0.4 is 5.32 Å². The number of aryl methyl sites for hydroxylation is 1. The number of halogens is 3. The quantitative estimate of drug-likeness (QED) is 0.299. The third-order valence-electron chi connectivity index (χ3n) is 6.44. The molecule has 10 heteroatoms. The number of nitrogens with zero attached hydrogens (tertiary/aromatic N) is 1. The van der Waals surface area contributed by atoms with Crippen molar-refractivity contribution in [1.29, 1.82) is 0 Å². The normalized spacial score (nSPS) is 31.2. The maximum Gasteiger partial charge on any atom is 0.308 e. The zero-order valence-corrected chi connectivity index (χ0v) is 21.4. The summed E-state index contributed by atoms with van der Waals surface area (Å²) in [6, 6.07) is 5.42. The number of carbonyl (C=O) groups is 4. The number of likely N-dealkylation sites (tertiary alicyclic amines) is 1. The number of benzene rings is 1. The van der Waals surface area contributed by atoms with Gasteiger partial charge in [-0.25, -0.2) is 0 Å². The monoisotopic (exact) mass is 618 g/mol. The lowest BCUT2D eigenvalue weighted by molar-refractivity contribution is -0.149. The van der Waals surface area contributed by atoms with Crippen LogP contribution in [0.3, 0.4) is 0 Å². The zero-order chi connectivity index (χ0) is 22.4. The van der Waals surface area contributed by atoms with Gasteiger partial charge in [0.25, 0.3) is 5.91 Å². The van der Waals surface area contributed by atoms with Gasteiger partial charge in [0, 0.05) is 26.4 Å². The summed E-state index contributed by atoms with van der Waals surface area (Å²) in [6.07, 6.45) is 0.730. The van der Waals surface area contributed by atoms with Crippen LogP contribution in [0.4, 0.5) is 5.69 Å². The number of esters is 1. The Morgan fingerprint density at radius 2 is 1.74 bits per heavy atom. The van der Waals surface area contributed by atoms with E-state index in [0.717, 1.165) is 16.5 Å². The van der Waals surface area contributed by atoms with Crippen molar-refractivity contribution in [1.82, 2.24) is 4.90 Å². The molecule has 1 aromatic rings. The molecule has 0 aromatic heterocycles. The highest BCUT2D eigenvalue weighted by Gasteiger charge is 2.66. The van der Waals surface area contributed by atoms with Crippen molar-refractivity contribution in [3.63, 3.8) is 0 Å². The molecule has 2 aliphatic carbocycles. The maximum absolute atomic E-state index is 12.8. The summed E-state index contributed by atoms with van der Waals surface area (Å²) in [5, 5.41) is 2.69. The molecular weight excluding hydrogens is 600 g/mol. The molecule has 2 saturated carbocycles. The van der Waals surface area contributed by atoms with E-state index in [-0.39, 0.29) is 58.1 Å². The smallest absolute Gasteiger partial charge is 0.308 e. The van der Waals surface area contributed by atoms with Crippen molar-refractivity contribution in [2.75, 3.05) is 18.5 Å². The lowest BCUT2D eigenvalue weighted by Crippen LogP contribution is -2.37. The molecule has 31 heavy (non-hydrogen) atoms. The van der Waals surface area contributed by atoms with E-state index >= 15 is 0 Å². The number of hydrogen-bond acceptors (Lipinski definition) is 5. The molecule has 1 aliphatic heterocycles. The van der Waals surface area contributed by atoms with Crippen molar-refractivity contribution in [2.45, 2.75) is 29.4 Å². The number of anilines is 1. The van der Waals surface area contributed by atoms with Crippen LogP contribution in [-0.2, 0) is 23.9 Å². The Balaban J connectivity index is 1.26. The Morgan fingerprint density at radius 3 is 2.32 bits per heavy atom. The van der Waals surface area contributed by atoms with E-state index in [2.05, 4.69) is 53.1 Å². The van der Waals surface area contributed by atoms with Crippen LogP contribution in [-0.4, -0.2) is 51.4 Å². The number of fused-ring (bicyclic) bond motifs is 5. The van der Waals surface area contributed by atoms with Crippen LogP contribution in [0.25, 0.3) is 0 Å². The van der Waals surface area contributed by atoms with Gasteiger partial charge in [-0.3, -0.25) is 24.1 Å². The number of rotatable bonds is 6. The van der Waals surface area contributed by atoms with E-state index in [4.69, 9.17) is 4.74 Å². The second kappa shape index (κ2) is 8.94. The molecular formula is C21H21Br3N2O5. The lowest BCUT2D eigenvalue weighted by Gasteiger charge is -2.28. The number of alkyl halides is 2. The molecule has 166 valence electrons. The number of ether oxygens (including phenoxy) is 1. The number of carbonyl (C=O) groups excluding carboxylic acids is 4. The van der Waals surface area contributed by atoms with Gasteiger partial charge in [0.05, 0.1) is 18.3 Å². The number of hydrogen-bond donors (Lipinski definition) is 1. The van der Waals surface area contributed by atoms with Crippen molar-refractivity contribution < 1.29 is 23.9 Å². The second-order valence-electron chi connectivity index (χ2n) is 8.25. The molecule has 0 unspecified atom stereocenters. The first-order valence-electron chi connectivity index (χ1n) is 10.0. The fraction of sp³-hybridized carbons (Fsp3) is 0.524. The molecule has 1 N–H and O–H groups in total. The van der Waals surface area contributed by atoms with Gasteiger partial charge in [0.15, 0.2) is 6.61 Å². The van der Waals surface area contributed by atoms with Gasteiger partial charge in [-0.2, -0.15) is 0 Å². The predicted octanol–water partition coefficient (Wildman–Crippen LogP) is 3.41. The van der Waals surface area contributed by atoms with Crippen molar-refractivity contribution in [3.8, 4) is 0 Å². The fourth-order valence-electron chi connectivity index (χ4n) is 5.01. The molecule has 6 atom stereocenters. The van der Waals surface area contributed by atoms with Gasteiger partial charge >= 0.3 is 5.97 Å². The fourth-order valence-corrected chi connectivity index (χ4v) is 7.35. The Hall–Kier alpha value is -1.26. The molecule has 7 nitrogen and oxygen atoms in total. The average molecular weight is 621 g/mol. The largest absolute Gasteiger partial charge is 0.456 e. The molecule has 3 fully saturated rings. The van der Waals surface area contributed by atoms with Crippen LogP contribution >= 0.6 is 47.8 Å². The molecule has 1 aromatic carbocycles. The van der Waals surface area contributed by atoms with Crippen LogP contribution in [0.1, 0.15) is 18.4 Å². The second-order valence-corrected chi connectivity index (χ2v) is 11.3. The van der Waals surface area contributed by atoms with Gasteiger partial charge in [-0.05, 0) is 48.9 Å². The lowest BCUT2D eigenvalue weighted by atomic mass is 9.81. The van der Waals surface area contributed by atoms with Crippen LogP contribution in [0.15, 0.2) is 22.7 Å². The zero-order valence-electron chi connectivity index (χ0n) is 16.6. The summed E-state index contributed by atoms with van der Waals surface area (Å²) in [6.45, 7) is 1.41. The molecule has 3 amide bonds. The van der Waals surface area contributed by atoms with Gasteiger partial charge in [0.2, 0.25) is 11.8 Å². The minimum Gasteiger partial charge on any atom is -0.456 e. The highest BCUT2D eigenvalue weighted by Crippen LogP contribution is 2.60. The standard InChI is InChI=1S/C21H21Br3N2O5/c1-9-6-10(22)2-3-13(9)25-14(27)8-31-15(28)4-5-26-20(29)16-11-7-12(17(16)21(26)30)19(24)18(11)23/h2-3,6,11-12,16-19H,4-5,7-8H2,1H3,(H,25,27)/t11-,12-,16-,17+,18+,19+/m1/s1. The molecule has 0 spiro atoms. The summed E-state index contributed by atoms with van der Waals surface area (Å²) < 4.78 is 5.93. The van der Waals surface area contributed by atoms with E-state index in [1.165, 1.54) is 4.90 Å². The first-order valence-corrected chi connectivity index (χ1v) is 12.7. The van der Waals surface area contributed by atoms with E-state index in [9.17, 15) is 19.2 Å².